The van der Waals surface area contributed by atoms with Crippen LogP contribution in [0.4, 0.5) is 0 Å². The van der Waals surface area contributed by atoms with Gasteiger partial charge in [0.15, 0.2) is 0 Å². The summed E-state index contributed by atoms with van der Waals surface area (Å²) in [5, 5.41) is 7.79. The maximum atomic E-state index is 5.94. The van der Waals surface area contributed by atoms with Crippen molar-refractivity contribution in [3.63, 3.8) is 0 Å². The molecule has 1 N–H and O–H groups in total. The van der Waals surface area contributed by atoms with Gasteiger partial charge >= 0.3 is 0 Å². The first-order valence-corrected chi connectivity index (χ1v) is 7.30. The Balaban J connectivity index is 1.60. The Hall–Kier alpha value is -1.81. The van der Waals surface area contributed by atoms with E-state index in [1.165, 1.54) is 18.4 Å². The first kappa shape index (κ1) is 13.2. The van der Waals surface area contributed by atoms with Gasteiger partial charge in [0.25, 0.3) is 0 Å². The third kappa shape index (κ3) is 3.39. The number of rotatable bonds is 7. The number of para-hydroxylation sites is 1. The van der Waals surface area contributed by atoms with Crippen LogP contribution in [0.25, 0.3) is 0 Å². The molecule has 0 amide bonds. The lowest BCUT2D eigenvalue weighted by Gasteiger charge is -2.11. The minimum Gasteiger partial charge on any atom is -0.488 e. The first-order chi connectivity index (χ1) is 9.85. The molecule has 2 aromatic rings. The second kappa shape index (κ2) is 6.09. The first-order valence-electron chi connectivity index (χ1n) is 7.30. The highest BCUT2D eigenvalue weighted by Gasteiger charge is 2.20. The van der Waals surface area contributed by atoms with Gasteiger partial charge in [-0.25, -0.2) is 0 Å². The fourth-order valence-corrected chi connectivity index (χ4v) is 2.15. The van der Waals surface area contributed by atoms with Gasteiger partial charge < -0.3 is 10.1 Å². The summed E-state index contributed by atoms with van der Waals surface area (Å²) in [7, 11) is 0. The Morgan fingerprint density at radius 3 is 2.95 bits per heavy atom. The Morgan fingerprint density at radius 2 is 2.20 bits per heavy atom. The lowest BCUT2D eigenvalue weighted by Crippen LogP contribution is -2.16. The van der Waals surface area contributed by atoms with E-state index >= 15 is 0 Å². The molecule has 4 heteroatoms. The molecule has 0 aliphatic heterocycles. The number of benzene rings is 1. The summed E-state index contributed by atoms with van der Waals surface area (Å²) in [5.74, 6) is 0.963. The molecular weight excluding hydrogens is 250 g/mol. The van der Waals surface area contributed by atoms with Crippen LogP contribution in [0.1, 0.15) is 30.9 Å². The van der Waals surface area contributed by atoms with E-state index in [2.05, 4.69) is 29.5 Å². The van der Waals surface area contributed by atoms with Crippen LogP contribution in [0.2, 0.25) is 0 Å². The molecule has 4 nitrogen and oxygen atoms in total. The molecular formula is C16H21N3O. The van der Waals surface area contributed by atoms with Crippen molar-refractivity contribution < 1.29 is 4.74 Å². The van der Waals surface area contributed by atoms with E-state index in [0.717, 1.165) is 24.4 Å². The summed E-state index contributed by atoms with van der Waals surface area (Å²) >= 11 is 0. The summed E-state index contributed by atoms with van der Waals surface area (Å²) in [6.07, 6.45) is 6.51. The predicted molar refractivity (Wildman–Crippen MR) is 78.5 cm³/mol. The van der Waals surface area contributed by atoms with E-state index in [1.807, 2.05) is 29.2 Å². The SMILES string of the molecule is CCn1cc(COc2ccccc2CNC2CC2)cn1. The van der Waals surface area contributed by atoms with Crippen LogP contribution in [0.15, 0.2) is 36.7 Å². The van der Waals surface area contributed by atoms with E-state index in [-0.39, 0.29) is 0 Å². The number of aromatic nitrogens is 2. The van der Waals surface area contributed by atoms with Crippen LogP contribution in [-0.4, -0.2) is 15.8 Å². The summed E-state index contributed by atoms with van der Waals surface area (Å²) in [4.78, 5) is 0. The van der Waals surface area contributed by atoms with Crippen molar-refractivity contribution in [1.29, 1.82) is 0 Å². The van der Waals surface area contributed by atoms with Crippen molar-refractivity contribution >= 4 is 0 Å². The van der Waals surface area contributed by atoms with Crippen molar-refractivity contribution in [2.75, 3.05) is 0 Å². The third-order valence-electron chi connectivity index (χ3n) is 3.54. The fourth-order valence-electron chi connectivity index (χ4n) is 2.15. The van der Waals surface area contributed by atoms with E-state index in [1.54, 1.807) is 0 Å². The molecule has 0 unspecified atom stereocenters. The van der Waals surface area contributed by atoms with Crippen molar-refractivity contribution in [2.24, 2.45) is 0 Å². The molecule has 0 bridgehead atoms. The largest absolute Gasteiger partial charge is 0.488 e. The van der Waals surface area contributed by atoms with Crippen molar-refractivity contribution in [1.82, 2.24) is 15.1 Å². The van der Waals surface area contributed by atoms with Crippen LogP contribution in [0, 0.1) is 0 Å². The topological polar surface area (TPSA) is 39.1 Å². The minimum absolute atomic E-state index is 0.570. The second-order valence-corrected chi connectivity index (χ2v) is 5.26. The van der Waals surface area contributed by atoms with E-state index in [4.69, 9.17) is 4.74 Å². The Morgan fingerprint density at radius 1 is 1.35 bits per heavy atom. The number of hydrogen-bond acceptors (Lipinski definition) is 3. The molecule has 1 heterocycles. The molecule has 0 saturated heterocycles. The average Bonchev–Trinajstić information content (AvgIpc) is 3.20. The van der Waals surface area contributed by atoms with Gasteiger partial charge in [-0.05, 0) is 25.8 Å². The lowest BCUT2D eigenvalue weighted by molar-refractivity contribution is 0.302. The Bertz CT molecular complexity index is 560. The fraction of sp³-hybridized carbons (Fsp3) is 0.438. The summed E-state index contributed by atoms with van der Waals surface area (Å²) in [6.45, 7) is 4.42. The quantitative estimate of drug-likeness (QED) is 0.841. The zero-order chi connectivity index (χ0) is 13.8. The predicted octanol–water partition coefficient (Wildman–Crippen LogP) is 2.73. The van der Waals surface area contributed by atoms with Crippen molar-refractivity contribution in [3.05, 3.63) is 47.8 Å². The van der Waals surface area contributed by atoms with Gasteiger partial charge in [-0.1, -0.05) is 18.2 Å². The Labute approximate surface area is 119 Å². The monoisotopic (exact) mass is 271 g/mol. The van der Waals surface area contributed by atoms with E-state index in [0.29, 0.717) is 12.6 Å². The number of nitrogens with one attached hydrogen (secondary N) is 1. The van der Waals surface area contributed by atoms with Crippen LogP contribution < -0.4 is 10.1 Å². The highest BCUT2D eigenvalue weighted by molar-refractivity contribution is 5.33. The highest BCUT2D eigenvalue weighted by atomic mass is 16.5. The summed E-state index contributed by atoms with van der Waals surface area (Å²) in [6, 6.07) is 8.96. The molecule has 0 radical (unpaired) electrons. The number of hydrogen-bond donors (Lipinski definition) is 1. The van der Waals surface area contributed by atoms with Crippen molar-refractivity contribution in [3.8, 4) is 5.75 Å². The van der Waals surface area contributed by atoms with Crippen molar-refractivity contribution in [2.45, 2.75) is 45.5 Å². The summed E-state index contributed by atoms with van der Waals surface area (Å²) < 4.78 is 7.86. The normalized spacial score (nSPS) is 14.4. The molecule has 1 aliphatic carbocycles. The molecule has 20 heavy (non-hydrogen) atoms. The molecule has 106 valence electrons. The van der Waals surface area contributed by atoms with Gasteiger partial charge in [-0.2, -0.15) is 5.10 Å². The van der Waals surface area contributed by atoms with Gasteiger partial charge in [-0.3, -0.25) is 4.68 Å². The molecule has 0 spiro atoms. The number of nitrogens with zero attached hydrogens (tertiary/aromatic N) is 2. The standard InChI is InChI=1S/C16H21N3O/c1-2-19-11-13(9-18-19)12-20-16-6-4-3-5-14(16)10-17-15-7-8-15/h3-6,9,11,15,17H,2,7-8,10,12H2,1H3. The molecule has 0 atom stereocenters. The van der Waals surface area contributed by atoms with Gasteiger partial charge in [0.05, 0.1) is 6.20 Å². The molecule has 1 saturated carbocycles. The van der Waals surface area contributed by atoms with Crippen LogP contribution in [0.3, 0.4) is 0 Å². The van der Waals surface area contributed by atoms with Gasteiger partial charge in [-0.15, -0.1) is 0 Å². The Kier molecular flexibility index (Phi) is 4.02. The smallest absolute Gasteiger partial charge is 0.124 e. The van der Waals surface area contributed by atoms with Gasteiger partial charge in [0, 0.05) is 36.5 Å². The van der Waals surface area contributed by atoms with Crippen LogP contribution in [0.5, 0.6) is 5.75 Å². The molecule has 1 fully saturated rings. The van der Waals surface area contributed by atoms with E-state index in [9.17, 15) is 0 Å². The molecule has 1 aromatic heterocycles. The second-order valence-electron chi connectivity index (χ2n) is 5.26. The van der Waals surface area contributed by atoms with Crippen LogP contribution >= 0.6 is 0 Å². The zero-order valence-electron chi connectivity index (χ0n) is 11.9. The zero-order valence-corrected chi connectivity index (χ0v) is 11.9. The molecule has 1 aromatic carbocycles. The number of ether oxygens (including phenoxy) is 1. The van der Waals surface area contributed by atoms with E-state index < -0.39 is 0 Å². The molecule has 3 rings (SSSR count). The third-order valence-corrected chi connectivity index (χ3v) is 3.54. The summed E-state index contributed by atoms with van der Waals surface area (Å²) in [5.41, 5.74) is 2.33. The highest BCUT2D eigenvalue weighted by Crippen LogP contribution is 2.23. The number of aryl methyl sites for hydroxylation is 1. The minimum atomic E-state index is 0.570. The van der Waals surface area contributed by atoms with Crippen LogP contribution in [-0.2, 0) is 19.7 Å². The maximum absolute atomic E-state index is 5.94. The lowest BCUT2D eigenvalue weighted by atomic mass is 10.2. The average molecular weight is 271 g/mol. The van der Waals surface area contributed by atoms with Gasteiger partial charge in [0.2, 0.25) is 0 Å². The maximum Gasteiger partial charge on any atom is 0.124 e. The van der Waals surface area contributed by atoms with Gasteiger partial charge in [0.1, 0.15) is 12.4 Å². The molecule has 1 aliphatic rings.